The first-order chi connectivity index (χ1) is 18.2. The second-order valence-corrected chi connectivity index (χ2v) is 10.2. The fourth-order valence-electron chi connectivity index (χ4n) is 3.68. The monoisotopic (exact) mass is 539 g/mol. The third kappa shape index (κ3) is 13.6. The van der Waals surface area contributed by atoms with Gasteiger partial charge in [-0.05, 0) is 62.1 Å². The maximum Gasteiger partial charge on any atom is 0.308 e. The van der Waals surface area contributed by atoms with Gasteiger partial charge in [0.05, 0.1) is 23.8 Å². The molecular weight excluding hydrogens is 494 g/mol. The number of rotatable bonds is 6. The van der Waals surface area contributed by atoms with Gasteiger partial charge >= 0.3 is 5.97 Å². The first kappa shape index (κ1) is 33.2. The zero-order chi connectivity index (χ0) is 28.3. The lowest BCUT2D eigenvalue weighted by Gasteiger charge is -2.21. The van der Waals surface area contributed by atoms with E-state index in [1.807, 2.05) is 31.2 Å². The van der Waals surface area contributed by atoms with Gasteiger partial charge in [0.15, 0.2) is 0 Å². The first-order valence-corrected chi connectivity index (χ1v) is 14.2. The molecule has 1 fully saturated rings. The van der Waals surface area contributed by atoms with Gasteiger partial charge in [0.25, 0.3) is 0 Å². The lowest BCUT2D eigenvalue weighted by molar-refractivity contribution is -0.132. The van der Waals surface area contributed by atoms with Crippen LogP contribution < -0.4 is 15.4 Å². The number of benzene rings is 2. The third-order valence-corrected chi connectivity index (χ3v) is 6.39. The SMILES string of the molecule is CC(=O)Oc1ccc(-c2ccc(C)cc2)cc1C.CCCC.N#CCC(S)NC(=O)C1CCCCCNC1. The average molecular weight is 540 g/mol. The summed E-state index contributed by atoms with van der Waals surface area (Å²) in [4.78, 5) is 22.8. The Morgan fingerprint density at radius 3 is 2.32 bits per heavy atom. The van der Waals surface area contributed by atoms with Crippen molar-refractivity contribution < 1.29 is 14.3 Å². The number of hydrogen-bond donors (Lipinski definition) is 3. The molecule has 0 radical (unpaired) electrons. The van der Waals surface area contributed by atoms with Crippen LogP contribution in [0.2, 0.25) is 0 Å². The Bertz CT molecular complexity index is 1010. The van der Waals surface area contributed by atoms with Crippen molar-refractivity contribution in [2.24, 2.45) is 5.92 Å². The van der Waals surface area contributed by atoms with Crippen molar-refractivity contribution in [1.29, 1.82) is 5.26 Å². The van der Waals surface area contributed by atoms with Crippen molar-refractivity contribution in [3.8, 4) is 22.9 Å². The highest BCUT2D eigenvalue weighted by molar-refractivity contribution is 7.80. The fourth-order valence-corrected chi connectivity index (χ4v) is 3.89. The van der Waals surface area contributed by atoms with Gasteiger partial charge < -0.3 is 15.4 Å². The number of amides is 1. The average Bonchev–Trinajstić information content (AvgIpc) is 2.86. The number of hydrogen-bond acceptors (Lipinski definition) is 6. The molecular formula is C31H45N3O3S. The van der Waals surface area contributed by atoms with E-state index in [1.165, 1.54) is 38.2 Å². The Morgan fingerprint density at radius 2 is 1.74 bits per heavy atom. The molecule has 2 N–H and O–H groups in total. The molecule has 1 aliphatic heterocycles. The van der Waals surface area contributed by atoms with Crippen molar-refractivity contribution in [2.45, 2.75) is 84.9 Å². The molecule has 0 bridgehead atoms. The Labute approximate surface area is 235 Å². The van der Waals surface area contributed by atoms with Crippen LogP contribution in [0.15, 0.2) is 42.5 Å². The topological polar surface area (TPSA) is 91.2 Å². The Kier molecular flexibility index (Phi) is 16.8. The van der Waals surface area contributed by atoms with E-state index in [2.05, 4.69) is 68.3 Å². The predicted molar refractivity (Wildman–Crippen MR) is 159 cm³/mol. The first-order valence-electron chi connectivity index (χ1n) is 13.6. The van der Waals surface area contributed by atoms with Crippen LogP contribution >= 0.6 is 12.6 Å². The summed E-state index contributed by atoms with van der Waals surface area (Å²) in [5.41, 5.74) is 4.50. The van der Waals surface area contributed by atoms with Crippen LogP contribution in [0.3, 0.4) is 0 Å². The van der Waals surface area contributed by atoms with Gasteiger partial charge in [-0.3, -0.25) is 9.59 Å². The van der Waals surface area contributed by atoms with Gasteiger partial charge in [-0.2, -0.15) is 17.9 Å². The van der Waals surface area contributed by atoms with Gasteiger partial charge in [-0.15, -0.1) is 0 Å². The van der Waals surface area contributed by atoms with E-state index in [9.17, 15) is 9.59 Å². The number of unbranched alkanes of at least 4 members (excludes halogenated alkanes) is 1. The summed E-state index contributed by atoms with van der Waals surface area (Å²) in [5.74, 6) is 0.373. The number of nitriles is 1. The van der Waals surface area contributed by atoms with E-state index in [1.54, 1.807) is 0 Å². The van der Waals surface area contributed by atoms with E-state index in [0.29, 0.717) is 5.75 Å². The van der Waals surface area contributed by atoms with E-state index < -0.39 is 0 Å². The van der Waals surface area contributed by atoms with Crippen LogP contribution in [0.5, 0.6) is 5.75 Å². The van der Waals surface area contributed by atoms with Gasteiger partial charge in [-0.25, -0.2) is 0 Å². The van der Waals surface area contributed by atoms with Crippen LogP contribution in [0.1, 0.15) is 76.8 Å². The molecule has 1 aliphatic rings. The lowest BCUT2D eigenvalue weighted by Crippen LogP contribution is -2.41. The molecule has 7 heteroatoms. The normalized spacial score (nSPS) is 15.6. The summed E-state index contributed by atoms with van der Waals surface area (Å²) in [7, 11) is 0. The third-order valence-electron chi connectivity index (χ3n) is 6.07. The number of thiol groups is 1. The van der Waals surface area contributed by atoms with E-state index in [4.69, 9.17) is 10.00 Å². The molecule has 38 heavy (non-hydrogen) atoms. The van der Waals surface area contributed by atoms with Gasteiger partial charge in [-0.1, -0.05) is 75.4 Å². The van der Waals surface area contributed by atoms with Crippen molar-refractivity contribution in [3.63, 3.8) is 0 Å². The van der Waals surface area contributed by atoms with Crippen molar-refractivity contribution >= 4 is 24.5 Å². The number of nitrogens with zero attached hydrogens (tertiary/aromatic N) is 1. The summed E-state index contributed by atoms with van der Waals surface area (Å²) in [6.07, 6.45) is 7.29. The van der Waals surface area contributed by atoms with Crippen LogP contribution in [-0.4, -0.2) is 30.3 Å². The highest BCUT2D eigenvalue weighted by Gasteiger charge is 2.20. The number of nitrogens with one attached hydrogen (secondary N) is 2. The summed E-state index contributed by atoms with van der Waals surface area (Å²) in [6, 6.07) is 16.2. The van der Waals surface area contributed by atoms with Gasteiger partial charge in [0.1, 0.15) is 5.75 Å². The van der Waals surface area contributed by atoms with Crippen LogP contribution in [-0.2, 0) is 9.59 Å². The molecule has 208 valence electrons. The standard InChI is InChI=1S/C16H16O2.C11H19N3OS.C4H10/c1-11-4-6-14(7-5-11)15-8-9-16(12(2)10-15)18-13(3)17;12-6-5-10(16)14-11(15)9-4-2-1-3-7-13-8-9;1-3-4-2/h4-10H,1-3H3;9-10,13,16H,1-5,7-8H2,(H,14,15);3-4H2,1-2H3. The van der Waals surface area contributed by atoms with Gasteiger partial charge in [0, 0.05) is 13.5 Å². The minimum atomic E-state index is -0.344. The van der Waals surface area contributed by atoms with Crippen LogP contribution in [0.4, 0.5) is 0 Å². The Balaban J connectivity index is 0.000000335. The predicted octanol–water partition coefficient (Wildman–Crippen LogP) is 6.75. The maximum atomic E-state index is 11.8. The number of ether oxygens (including phenoxy) is 1. The number of esters is 1. The number of carbonyl (C=O) groups is 2. The number of aryl methyl sites for hydroxylation is 2. The molecule has 0 aliphatic carbocycles. The maximum absolute atomic E-state index is 11.8. The van der Waals surface area contributed by atoms with E-state index >= 15 is 0 Å². The smallest absolute Gasteiger partial charge is 0.308 e. The molecule has 6 nitrogen and oxygen atoms in total. The summed E-state index contributed by atoms with van der Waals surface area (Å²) in [5, 5.41) is 14.2. The largest absolute Gasteiger partial charge is 0.426 e. The minimum Gasteiger partial charge on any atom is -0.426 e. The van der Waals surface area contributed by atoms with E-state index in [-0.39, 0.29) is 29.6 Å². The highest BCUT2D eigenvalue weighted by atomic mass is 32.1. The van der Waals surface area contributed by atoms with Crippen LogP contribution in [0, 0.1) is 31.1 Å². The molecule has 0 spiro atoms. The molecule has 1 amide bonds. The molecule has 2 unspecified atom stereocenters. The van der Waals surface area contributed by atoms with E-state index in [0.717, 1.165) is 42.6 Å². The van der Waals surface area contributed by atoms with Crippen molar-refractivity contribution in [3.05, 3.63) is 53.6 Å². The molecule has 2 aromatic carbocycles. The zero-order valence-electron chi connectivity index (χ0n) is 23.7. The molecule has 2 aromatic rings. The fraction of sp³-hybridized carbons (Fsp3) is 0.516. The molecule has 1 saturated heterocycles. The second-order valence-electron chi connectivity index (χ2n) is 9.58. The molecule has 0 saturated carbocycles. The molecule has 1 heterocycles. The summed E-state index contributed by atoms with van der Waals surface area (Å²) >= 11 is 4.14. The van der Waals surface area contributed by atoms with Gasteiger partial charge in [0.2, 0.25) is 5.91 Å². The highest BCUT2D eigenvalue weighted by Crippen LogP contribution is 2.26. The molecule has 2 atom stereocenters. The summed E-state index contributed by atoms with van der Waals surface area (Å²) in [6.45, 7) is 11.5. The van der Waals surface area contributed by atoms with Crippen molar-refractivity contribution in [1.82, 2.24) is 10.6 Å². The summed E-state index contributed by atoms with van der Waals surface area (Å²) < 4.78 is 5.12. The molecule has 0 aromatic heterocycles. The molecule has 3 rings (SSSR count). The quantitative estimate of drug-likeness (QED) is 0.163. The Morgan fingerprint density at radius 1 is 1.08 bits per heavy atom. The van der Waals surface area contributed by atoms with Crippen LogP contribution in [0.25, 0.3) is 11.1 Å². The zero-order valence-corrected chi connectivity index (χ0v) is 24.6. The second kappa shape index (κ2) is 19.3. The minimum absolute atomic E-state index is 0.0182. The number of carbonyl (C=O) groups excluding carboxylic acids is 2. The Hall–Kier alpha value is -2.82. The lowest BCUT2D eigenvalue weighted by atomic mass is 9.98. The van der Waals surface area contributed by atoms with Crippen molar-refractivity contribution in [2.75, 3.05) is 13.1 Å².